The summed E-state index contributed by atoms with van der Waals surface area (Å²) in [5, 5.41) is 26.7. The summed E-state index contributed by atoms with van der Waals surface area (Å²) in [5.74, 6) is -0.00278. The number of carbonyl (C=O) groups excluding carboxylic acids is 1. The first-order chi connectivity index (χ1) is 25.3. The Balaban J connectivity index is 1.18. The zero-order chi connectivity index (χ0) is 36.5. The number of benzene rings is 5. The Kier molecular flexibility index (Phi) is 12.5. The van der Waals surface area contributed by atoms with Crippen molar-refractivity contribution in [3.05, 3.63) is 167 Å². The third-order valence-corrected chi connectivity index (χ3v) is 10.1. The van der Waals surface area contributed by atoms with Gasteiger partial charge < -0.3 is 30.3 Å². The lowest BCUT2D eigenvalue weighted by atomic mass is 9.89. The summed E-state index contributed by atoms with van der Waals surface area (Å²) in [6.45, 7) is 5.61. The van der Waals surface area contributed by atoms with Gasteiger partial charge in [-0.05, 0) is 65.0 Å². The van der Waals surface area contributed by atoms with Crippen LogP contribution in [0, 0.1) is 5.92 Å². The molecule has 1 heterocycles. The molecule has 0 aromatic heterocycles. The summed E-state index contributed by atoms with van der Waals surface area (Å²) in [5.41, 5.74) is 7.70. The lowest BCUT2D eigenvalue weighted by Crippen LogP contribution is -2.46. The minimum absolute atomic E-state index is 0.00278. The van der Waals surface area contributed by atoms with Crippen molar-refractivity contribution in [1.29, 1.82) is 0 Å². The van der Waals surface area contributed by atoms with Crippen molar-refractivity contribution >= 4 is 6.03 Å². The lowest BCUT2D eigenvalue weighted by Gasteiger charge is -2.43. The van der Waals surface area contributed by atoms with Crippen LogP contribution in [0.15, 0.2) is 133 Å². The van der Waals surface area contributed by atoms with E-state index in [1.54, 1.807) is 0 Å². The maximum atomic E-state index is 12.5. The second-order valence-electron chi connectivity index (χ2n) is 13.7. The summed E-state index contributed by atoms with van der Waals surface area (Å²) in [7, 11) is 2.03. The Morgan fingerprint density at radius 1 is 0.731 bits per heavy atom. The number of hydrogen-bond donors (Lipinski definition) is 4. The molecule has 1 saturated heterocycles. The molecule has 0 saturated carbocycles. The highest BCUT2D eigenvalue weighted by molar-refractivity contribution is 5.74. The predicted molar refractivity (Wildman–Crippen MR) is 204 cm³/mol. The summed E-state index contributed by atoms with van der Waals surface area (Å²) in [6, 6.07) is 43.5. The molecular formula is C44H49N3O5. The highest BCUT2D eigenvalue weighted by atomic mass is 16.7. The number of nitrogens with zero attached hydrogens (tertiary/aromatic N) is 1. The molecule has 4 N–H and O–H groups in total. The highest BCUT2D eigenvalue weighted by Crippen LogP contribution is 2.42. The first-order valence-corrected chi connectivity index (χ1v) is 18.0. The van der Waals surface area contributed by atoms with E-state index in [-0.39, 0.29) is 36.8 Å². The molecule has 2 amide bonds. The average molecular weight is 700 g/mol. The van der Waals surface area contributed by atoms with Crippen molar-refractivity contribution in [2.24, 2.45) is 5.92 Å². The monoisotopic (exact) mass is 699 g/mol. The number of amides is 2. The Labute approximate surface area is 307 Å². The van der Waals surface area contributed by atoms with Gasteiger partial charge in [-0.1, -0.05) is 128 Å². The molecule has 5 aromatic rings. The van der Waals surface area contributed by atoms with Gasteiger partial charge >= 0.3 is 6.03 Å². The molecule has 52 heavy (non-hydrogen) atoms. The van der Waals surface area contributed by atoms with Crippen LogP contribution in [0.2, 0.25) is 0 Å². The largest absolute Gasteiger partial charge is 0.392 e. The van der Waals surface area contributed by atoms with Crippen LogP contribution in [0.25, 0.3) is 11.1 Å². The number of carbonyl (C=O) groups is 1. The summed E-state index contributed by atoms with van der Waals surface area (Å²) in [4.78, 5) is 14.7. The quantitative estimate of drug-likeness (QED) is 0.101. The molecule has 0 spiro atoms. The summed E-state index contributed by atoms with van der Waals surface area (Å²) < 4.78 is 13.5. The molecule has 0 aliphatic carbocycles. The molecule has 8 heteroatoms. The summed E-state index contributed by atoms with van der Waals surface area (Å²) in [6.07, 6.45) is -1.75. The number of likely N-dealkylation sites (N-methyl/N-ethyl adjacent to an activating group) is 1. The van der Waals surface area contributed by atoms with Crippen LogP contribution in [-0.4, -0.2) is 46.9 Å². The number of urea groups is 1. The van der Waals surface area contributed by atoms with Crippen molar-refractivity contribution in [3.8, 4) is 11.1 Å². The van der Waals surface area contributed by atoms with Crippen molar-refractivity contribution < 1.29 is 24.5 Å². The van der Waals surface area contributed by atoms with Gasteiger partial charge in [0.2, 0.25) is 0 Å². The Morgan fingerprint density at radius 3 is 2.04 bits per heavy atom. The van der Waals surface area contributed by atoms with E-state index in [1.165, 1.54) is 0 Å². The number of ether oxygens (including phenoxy) is 2. The van der Waals surface area contributed by atoms with Gasteiger partial charge in [-0.15, -0.1) is 0 Å². The SMILES string of the molecule is CC1C(CN(C)C(C)C(O)c2ccccc2)OC(c2cccc(-c3cccc(CNC(=O)NCc4ccccc4)c3)c2)OC1c1ccc(CO)cc1. The van der Waals surface area contributed by atoms with Crippen LogP contribution in [0.3, 0.4) is 0 Å². The van der Waals surface area contributed by atoms with Crippen molar-refractivity contribution in [2.75, 3.05) is 13.6 Å². The molecule has 1 fully saturated rings. The fourth-order valence-corrected chi connectivity index (χ4v) is 6.70. The van der Waals surface area contributed by atoms with Crippen molar-refractivity contribution in [2.45, 2.75) is 64.2 Å². The Hall–Kier alpha value is -4.83. The zero-order valence-electron chi connectivity index (χ0n) is 30.1. The topological polar surface area (TPSA) is 103 Å². The molecule has 0 bridgehead atoms. The second kappa shape index (κ2) is 17.6. The van der Waals surface area contributed by atoms with E-state index in [0.717, 1.165) is 44.5 Å². The molecule has 8 nitrogen and oxygen atoms in total. The van der Waals surface area contributed by atoms with Crippen LogP contribution < -0.4 is 10.6 Å². The van der Waals surface area contributed by atoms with Gasteiger partial charge in [-0.25, -0.2) is 4.79 Å². The number of rotatable bonds is 13. The normalized spacial score (nSPS) is 19.9. The molecule has 0 radical (unpaired) electrons. The van der Waals surface area contributed by atoms with Crippen LogP contribution in [0.1, 0.15) is 65.7 Å². The minimum atomic E-state index is -0.648. The smallest absolute Gasteiger partial charge is 0.315 e. The third-order valence-electron chi connectivity index (χ3n) is 10.1. The number of aliphatic hydroxyl groups excluding tert-OH is 2. The first kappa shape index (κ1) is 36.9. The van der Waals surface area contributed by atoms with Gasteiger partial charge in [0.1, 0.15) is 0 Å². The fraction of sp³-hybridized carbons (Fsp3) is 0.295. The molecule has 6 rings (SSSR count). The van der Waals surface area contributed by atoms with Gasteiger partial charge in [0.15, 0.2) is 6.29 Å². The molecule has 1 aliphatic rings. The van der Waals surface area contributed by atoms with E-state index < -0.39 is 12.4 Å². The zero-order valence-corrected chi connectivity index (χ0v) is 30.1. The van der Waals surface area contributed by atoms with E-state index in [4.69, 9.17) is 9.47 Å². The maximum Gasteiger partial charge on any atom is 0.315 e. The molecule has 270 valence electrons. The van der Waals surface area contributed by atoms with Gasteiger partial charge in [0.05, 0.1) is 24.9 Å². The van der Waals surface area contributed by atoms with E-state index in [1.807, 2.05) is 123 Å². The van der Waals surface area contributed by atoms with Crippen LogP contribution in [0.4, 0.5) is 4.79 Å². The molecule has 6 unspecified atom stereocenters. The maximum absolute atomic E-state index is 12.5. The summed E-state index contributed by atoms with van der Waals surface area (Å²) >= 11 is 0. The number of aliphatic hydroxyl groups is 2. The second-order valence-corrected chi connectivity index (χ2v) is 13.7. The van der Waals surface area contributed by atoms with E-state index >= 15 is 0 Å². The van der Waals surface area contributed by atoms with Gasteiger partial charge in [0.25, 0.3) is 0 Å². The van der Waals surface area contributed by atoms with Crippen molar-refractivity contribution in [1.82, 2.24) is 15.5 Å². The minimum Gasteiger partial charge on any atom is -0.392 e. The third kappa shape index (κ3) is 9.33. The van der Waals surface area contributed by atoms with E-state index in [2.05, 4.69) is 46.7 Å². The first-order valence-electron chi connectivity index (χ1n) is 18.0. The number of hydrogen-bond acceptors (Lipinski definition) is 6. The highest BCUT2D eigenvalue weighted by Gasteiger charge is 2.39. The van der Waals surface area contributed by atoms with Gasteiger partial charge in [-0.2, -0.15) is 0 Å². The van der Waals surface area contributed by atoms with Crippen molar-refractivity contribution in [3.63, 3.8) is 0 Å². The Bertz CT molecular complexity index is 1870. The van der Waals surface area contributed by atoms with Crippen LogP contribution in [0.5, 0.6) is 0 Å². The van der Waals surface area contributed by atoms with E-state index in [0.29, 0.717) is 19.6 Å². The predicted octanol–water partition coefficient (Wildman–Crippen LogP) is 7.69. The molecule has 6 atom stereocenters. The fourth-order valence-electron chi connectivity index (χ4n) is 6.70. The molecular weight excluding hydrogens is 651 g/mol. The van der Waals surface area contributed by atoms with Crippen LogP contribution >= 0.6 is 0 Å². The lowest BCUT2D eigenvalue weighted by molar-refractivity contribution is -0.276. The molecule has 1 aliphatic heterocycles. The van der Waals surface area contributed by atoms with Crippen LogP contribution in [-0.2, 0) is 29.2 Å². The molecule has 5 aromatic carbocycles. The van der Waals surface area contributed by atoms with Gasteiger partial charge in [-0.3, -0.25) is 4.90 Å². The van der Waals surface area contributed by atoms with E-state index in [9.17, 15) is 15.0 Å². The van der Waals surface area contributed by atoms with Gasteiger partial charge in [0, 0.05) is 37.2 Å². The average Bonchev–Trinajstić information content (AvgIpc) is 3.20. The standard InChI is InChI=1S/C44H49N3O5/c1-30-40(28-47(3)31(2)41(49)35-15-8-5-9-16-35)51-43(52-42(30)36-22-20-33(29-48)21-23-36)39-19-11-18-38(25-39)37-17-10-14-34(24-37)27-46-44(50)45-26-32-12-6-4-7-13-32/h4-25,30-31,40-43,48-49H,26-29H2,1-3H3,(H2,45,46,50). The number of nitrogens with one attached hydrogen (secondary N) is 2. The Morgan fingerprint density at radius 2 is 1.35 bits per heavy atom.